The fraction of sp³-hybridized carbons (Fsp3) is 0.611. The quantitative estimate of drug-likeness (QED) is 0.780. The van der Waals surface area contributed by atoms with Crippen LogP contribution in [0, 0.1) is 0 Å². The Balaban J connectivity index is 1.71. The van der Waals surface area contributed by atoms with Crippen molar-refractivity contribution >= 4 is 33.6 Å². The van der Waals surface area contributed by atoms with Gasteiger partial charge < -0.3 is 14.8 Å². The minimum atomic E-state index is -0.0587. The predicted molar refractivity (Wildman–Crippen MR) is 105 cm³/mol. The number of thioether (sulfide) groups is 1. The first-order chi connectivity index (χ1) is 12.1. The Bertz CT molecular complexity index is 602. The molecule has 1 aromatic rings. The molecular formula is C18H25BrN2O3S. The van der Waals surface area contributed by atoms with Gasteiger partial charge in [-0.25, -0.2) is 0 Å². The third-order valence-electron chi connectivity index (χ3n) is 5.10. The number of ether oxygens (including phenoxy) is 2. The van der Waals surface area contributed by atoms with E-state index in [-0.39, 0.29) is 11.4 Å². The molecule has 1 N–H and O–H groups in total. The molecule has 0 bridgehead atoms. The molecule has 2 aliphatic heterocycles. The number of morpholine rings is 1. The number of hydrogen-bond donors (Lipinski definition) is 1. The van der Waals surface area contributed by atoms with Crippen LogP contribution in [0.1, 0.15) is 23.2 Å². The number of amides is 1. The van der Waals surface area contributed by atoms with Crippen molar-refractivity contribution in [2.75, 3.05) is 51.5 Å². The molecule has 0 saturated carbocycles. The second-order valence-corrected chi connectivity index (χ2v) is 8.54. The second kappa shape index (κ2) is 8.75. The van der Waals surface area contributed by atoms with E-state index in [9.17, 15) is 4.79 Å². The van der Waals surface area contributed by atoms with E-state index in [2.05, 4.69) is 26.1 Å². The van der Waals surface area contributed by atoms with Gasteiger partial charge in [0.2, 0.25) is 0 Å². The van der Waals surface area contributed by atoms with Crippen molar-refractivity contribution < 1.29 is 14.3 Å². The molecular weight excluding hydrogens is 404 g/mol. The van der Waals surface area contributed by atoms with E-state index in [4.69, 9.17) is 9.47 Å². The van der Waals surface area contributed by atoms with Crippen molar-refractivity contribution in [3.05, 3.63) is 28.2 Å². The van der Waals surface area contributed by atoms with Gasteiger partial charge in [-0.05, 0) is 58.5 Å². The molecule has 2 saturated heterocycles. The standard InChI is InChI=1S/C18H25BrN2O3S/c1-23-14-2-3-16(19)15(12-14)17(22)20-13-18(4-10-25-11-5-18)21-6-8-24-9-7-21/h2-3,12H,4-11,13H2,1H3,(H,20,22). The van der Waals surface area contributed by atoms with E-state index in [0.29, 0.717) is 17.9 Å². The van der Waals surface area contributed by atoms with E-state index < -0.39 is 0 Å². The summed E-state index contributed by atoms with van der Waals surface area (Å²) in [6.45, 7) is 4.14. The van der Waals surface area contributed by atoms with Gasteiger partial charge in [-0.3, -0.25) is 9.69 Å². The van der Waals surface area contributed by atoms with Gasteiger partial charge in [0.05, 0.1) is 25.9 Å². The summed E-state index contributed by atoms with van der Waals surface area (Å²) in [6.07, 6.45) is 2.22. The monoisotopic (exact) mass is 428 g/mol. The maximum absolute atomic E-state index is 12.8. The van der Waals surface area contributed by atoms with Crippen molar-refractivity contribution in [1.82, 2.24) is 10.2 Å². The van der Waals surface area contributed by atoms with Gasteiger partial charge in [0.1, 0.15) is 5.75 Å². The van der Waals surface area contributed by atoms with Crippen LogP contribution in [-0.2, 0) is 4.74 Å². The van der Waals surface area contributed by atoms with E-state index >= 15 is 0 Å². The number of nitrogens with zero attached hydrogens (tertiary/aromatic N) is 1. The lowest BCUT2D eigenvalue weighted by atomic mass is 9.89. The first-order valence-corrected chi connectivity index (χ1v) is 10.6. The average molecular weight is 429 g/mol. The highest BCUT2D eigenvalue weighted by molar-refractivity contribution is 9.10. The highest BCUT2D eigenvalue weighted by atomic mass is 79.9. The molecule has 0 aliphatic carbocycles. The number of hydrogen-bond acceptors (Lipinski definition) is 5. The summed E-state index contributed by atoms with van der Waals surface area (Å²) in [7, 11) is 1.61. The Morgan fingerprint density at radius 1 is 1.36 bits per heavy atom. The molecule has 138 valence electrons. The van der Waals surface area contributed by atoms with Crippen LogP contribution in [0.4, 0.5) is 0 Å². The van der Waals surface area contributed by atoms with Gasteiger partial charge in [0.15, 0.2) is 0 Å². The van der Waals surface area contributed by atoms with Crippen LogP contribution in [0.2, 0.25) is 0 Å². The molecule has 0 atom stereocenters. The van der Waals surface area contributed by atoms with Crippen LogP contribution >= 0.6 is 27.7 Å². The zero-order valence-electron chi connectivity index (χ0n) is 14.6. The van der Waals surface area contributed by atoms with Gasteiger partial charge in [-0.1, -0.05) is 0 Å². The molecule has 7 heteroatoms. The van der Waals surface area contributed by atoms with Gasteiger partial charge in [-0.2, -0.15) is 11.8 Å². The first-order valence-electron chi connectivity index (χ1n) is 8.67. The maximum Gasteiger partial charge on any atom is 0.252 e. The molecule has 0 radical (unpaired) electrons. The molecule has 3 rings (SSSR count). The number of halogens is 1. The SMILES string of the molecule is COc1ccc(Br)c(C(=O)NCC2(N3CCOCC3)CCSCC2)c1. The highest BCUT2D eigenvalue weighted by Gasteiger charge is 2.39. The normalized spacial score (nSPS) is 20.9. The average Bonchev–Trinajstić information content (AvgIpc) is 2.68. The number of methoxy groups -OCH3 is 1. The minimum absolute atomic E-state index is 0.0516. The fourth-order valence-corrected chi connectivity index (χ4v) is 5.22. The third-order valence-corrected chi connectivity index (χ3v) is 6.78. The van der Waals surface area contributed by atoms with Crippen LogP contribution < -0.4 is 10.1 Å². The lowest BCUT2D eigenvalue weighted by molar-refractivity contribution is -0.0255. The lowest BCUT2D eigenvalue weighted by Gasteiger charge is -2.48. The number of benzene rings is 1. The highest BCUT2D eigenvalue weighted by Crippen LogP contribution is 2.33. The third kappa shape index (κ3) is 4.51. The molecule has 2 heterocycles. The summed E-state index contributed by atoms with van der Waals surface area (Å²) in [5, 5.41) is 3.18. The molecule has 0 spiro atoms. The Kier molecular flexibility index (Phi) is 6.66. The lowest BCUT2D eigenvalue weighted by Crippen LogP contribution is -2.60. The van der Waals surface area contributed by atoms with E-state index in [1.54, 1.807) is 13.2 Å². The van der Waals surface area contributed by atoms with Crippen molar-refractivity contribution in [2.45, 2.75) is 18.4 Å². The topological polar surface area (TPSA) is 50.8 Å². The molecule has 25 heavy (non-hydrogen) atoms. The largest absolute Gasteiger partial charge is 0.497 e. The molecule has 5 nitrogen and oxygen atoms in total. The summed E-state index contributed by atoms with van der Waals surface area (Å²) in [4.78, 5) is 15.3. The van der Waals surface area contributed by atoms with Gasteiger partial charge in [0, 0.05) is 29.6 Å². The smallest absolute Gasteiger partial charge is 0.252 e. The van der Waals surface area contributed by atoms with Gasteiger partial charge in [0.25, 0.3) is 5.91 Å². The van der Waals surface area contributed by atoms with Gasteiger partial charge >= 0.3 is 0 Å². The number of carbonyl (C=O) groups is 1. The second-order valence-electron chi connectivity index (χ2n) is 6.46. The van der Waals surface area contributed by atoms with Crippen LogP contribution in [0.15, 0.2) is 22.7 Å². The summed E-state index contributed by atoms with van der Waals surface area (Å²) >= 11 is 5.47. The Hall–Kier alpha value is -0.760. The number of carbonyl (C=O) groups excluding carboxylic acids is 1. The first kappa shape index (κ1) is 19.0. The van der Waals surface area contributed by atoms with Crippen LogP contribution in [0.3, 0.4) is 0 Å². The van der Waals surface area contributed by atoms with Crippen LogP contribution in [-0.4, -0.2) is 67.8 Å². The minimum Gasteiger partial charge on any atom is -0.497 e. The predicted octanol–water partition coefficient (Wildman–Crippen LogP) is 2.79. The van der Waals surface area contributed by atoms with Crippen LogP contribution in [0.5, 0.6) is 5.75 Å². The van der Waals surface area contributed by atoms with Crippen molar-refractivity contribution in [1.29, 1.82) is 0 Å². The summed E-state index contributed by atoms with van der Waals surface area (Å²) < 4.78 is 11.5. The molecule has 2 fully saturated rings. The summed E-state index contributed by atoms with van der Waals surface area (Å²) in [5.41, 5.74) is 0.664. The summed E-state index contributed by atoms with van der Waals surface area (Å²) in [6, 6.07) is 5.47. The van der Waals surface area contributed by atoms with Crippen molar-refractivity contribution in [3.63, 3.8) is 0 Å². The number of nitrogens with one attached hydrogen (secondary N) is 1. The van der Waals surface area contributed by atoms with E-state index in [1.807, 2.05) is 23.9 Å². The molecule has 1 amide bonds. The Morgan fingerprint density at radius 2 is 2.08 bits per heavy atom. The maximum atomic E-state index is 12.8. The van der Waals surface area contributed by atoms with Crippen molar-refractivity contribution in [2.24, 2.45) is 0 Å². The van der Waals surface area contributed by atoms with Crippen LogP contribution in [0.25, 0.3) is 0 Å². The Morgan fingerprint density at radius 3 is 2.76 bits per heavy atom. The van der Waals surface area contributed by atoms with Gasteiger partial charge in [-0.15, -0.1) is 0 Å². The van der Waals surface area contributed by atoms with E-state index in [0.717, 1.165) is 55.1 Å². The molecule has 2 aliphatic rings. The molecule has 1 aromatic carbocycles. The number of rotatable bonds is 5. The summed E-state index contributed by atoms with van der Waals surface area (Å²) in [5.74, 6) is 2.92. The Labute approximate surface area is 161 Å². The molecule has 0 unspecified atom stereocenters. The van der Waals surface area contributed by atoms with E-state index in [1.165, 1.54) is 0 Å². The van der Waals surface area contributed by atoms with Crippen molar-refractivity contribution in [3.8, 4) is 5.75 Å². The zero-order chi connectivity index (χ0) is 17.7. The fourth-order valence-electron chi connectivity index (χ4n) is 3.54. The molecule has 0 aromatic heterocycles. The zero-order valence-corrected chi connectivity index (χ0v) is 17.0.